The van der Waals surface area contributed by atoms with Crippen molar-refractivity contribution in [2.45, 2.75) is 135 Å². The SMILES string of the molecule is CCCCCCN.CNC(=O)c1cc(CC(=O)[C@@H](CCCN=C(N)N)NC(=O)c2cc(CC(=O)[C@@H](CCCN=C(N)N)NC(=O)c3cc(CC(=O)[C@@H](CCCN=C(N)N)NC(=O)c4cc(CC(=O)[C@@H](C)NC(C)=O)ccc4OC)ccc3OC)ccc2OC)ccc1OC. The van der Waals surface area contributed by atoms with Gasteiger partial charge in [0, 0.05) is 59.3 Å². The fraction of sp³-hybridized carbons (Fsp3) is 0.455. The summed E-state index contributed by atoms with van der Waals surface area (Å²) in [7, 11) is 6.93. The molecule has 0 saturated carbocycles. The molecule has 28 heteroatoms. The van der Waals surface area contributed by atoms with Crippen LogP contribution < -0.4 is 85.7 Å². The number of unbranched alkanes of at least 4 members (excludes halogenated alkanes) is 3. The third kappa shape index (κ3) is 27.0. The summed E-state index contributed by atoms with van der Waals surface area (Å²) in [6, 6.07) is 14.2. The Morgan fingerprint density at radius 2 is 0.723 bits per heavy atom. The van der Waals surface area contributed by atoms with E-state index in [1.165, 1.54) is 111 Å². The molecule has 19 N–H and O–H groups in total. The highest BCUT2D eigenvalue weighted by molar-refractivity contribution is 6.04. The number of ketones is 4. The first kappa shape index (κ1) is 78.1. The number of methoxy groups -OCH3 is 4. The summed E-state index contributed by atoms with van der Waals surface area (Å²) < 4.78 is 21.9. The lowest BCUT2D eigenvalue weighted by atomic mass is 9.96. The molecular weight excluding hydrogens is 1210 g/mol. The van der Waals surface area contributed by atoms with Crippen molar-refractivity contribution in [3.8, 4) is 23.0 Å². The van der Waals surface area contributed by atoms with Gasteiger partial charge in [0.05, 0.1) is 74.9 Å². The average Bonchev–Trinajstić information content (AvgIpc) is 0.976. The zero-order chi connectivity index (χ0) is 69.9. The number of aliphatic imine (C=N–C) groups is 3. The van der Waals surface area contributed by atoms with Crippen LogP contribution in [-0.2, 0) is 49.7 Å². The van der Waals surface area contributed by atoms with Gasteiger partial charge in [0.15, 0.2) is 41.0 Å². The zero-order valence-electron chi connectivity index (χ0n) is 55.2. The Morgan fingerprint density at radius 3 is 0.979 bits per heavy atom. The third-order valence-corrected chi connectivity index (χ3v) is 14.7. The van der Waals surface area contributed by atoms with E-state index in [0.29, 0.717) is 34.4 Å². The average molecular weight is 1310 g/mol. The molecule has 5 amide bonds. The number of amides is 5. The Kier molecular flexibility index (Phi) is 34.4. The largest absolute Gasteiger partial charge is 0.496 e. The van der Waals surface area contributed by atoms with E-state index in [-0.39, 0.29) is 146 Å². The second kappa shape index (κ2) is 41.4. The molecule has 4 aromatic carbocycles. The highest BCUT2D eigenvalue weighted by atomic mass is 16.5. The summed E-state index contributed by atoms with van der Waals surface area (Å²) in [6.45, 7) is 6.31. The Morgan fingerprint density at radius 1 is 0.426 bits per heavy atom. The van der Waals surface area contributed by atoms with Gasteiger partial charge in [0.2, 0.25) is 5.91 Å². The molecule has 0 aliphatic heterocycles. The van der Waals surface area contributed by atoms with Crippen LogP contribution in [0.1, 0.15) is 149 Å². The van der Waals surface area contributed by atoms with Crippen LogP contribution in [0.5, 0.6) is 23.0 Å². The maximum atomic E-state index is 14.4. The van der Waals surface area contributed by atoms with Gasteiger partial charge in [-0.25, -0.2) is 0 Å². The highest BCUT2D eigenvalue weighted by Crippen LogP contribution is 2.26. The first-order valence-electron chi connectivity index (χ1n) is 30.9. The topological polar surface area (TPSA) is 470 Å². The van der Waals surface area contributed by atoms with E-state index in [4.69, 9.17) is 59.1 Å². The van der Waals surface area contributed by atoms with Crippen molar-refractivity contribution in [1.29, 1.82) is 0 Å². The monoisotopic (exact) mass is 1310 g/mol. The Labute approximate surface area is 549 Å². The number of benzene rings is 4. The van der Waals surface area contributed by atoms with Gasteiger partial charge in [-0.3, -0.25) is 58.1 Å². The second-order valence-corrected chi connectivity index (χ2v) is 22.0. The van der Waals surface area contributed by atoms with Crippen molar-refractivity contribution in [2.24, 2.45) is 55.1 Å². The van der Waals surface area contributed by atoms with Gasteiger partial charge < -0.3 is 85.7 Å². The van der Waals surface area contributed by atoms with E-state index in [1.54, 1.807) is 37.3 Å². The first-order valence-corrected chi connectivity index (χ1v) is 30.9. The van der Waals surface area contributed by atoms with Gasteiger partial charge >= 0.3 is 0 Å². The van der Waals surface area contributed by atoms with Crippen LogP contribution >= 0.6 is 0 Å². The molecule has 4 aromatic rings. The third-order valence-electron chi connectivity index (χ3n) is 14.7. The molecule has 4 atom stereocenters. The van der Waals surface area contributed by atoms with Crippen molar-refractivity contribution in [3.05, 3.63) is 117 Å². The van der Waals surface area contributed by atoms with E-state index in [2.05, 4.69) is 48.5 Å². The lowest BCUT2D eigenvalue weighted by Crippen LogP contribution is -2.42. The maximum absolute atomic E-state index is 14.4. The number of hydrogen-bond acceptors (Lipinski definition) is 17. The Balaban J connectivity index is 0.00000310. The van der Waals surface area contributed by atoms with Crippen LogP contribution in [0.15, 0.2) is 87.8 Å². The number of carbonyl (C=O) groups excluding carboxylic acids is 9. The number of carbonyl (C=O) groups is 9. The molecule has 0 unspecified atom stereocenters. The smallest absolute Gasteiger partial charge is 0.255 e. The van der Waals surface area contributed by atoms with E-state index in [0.717, 1.165) is 6.54 Å². The number of nitrogens with two attached hydrogens (primary N) is 7. The molecule has 0 aliphatic rings. The predicted octanol–water partition coefficient (Wildman–Crippen LogP) is 2.13. The van der Waals surface area contributed by atoms with E-state index >= 15 is 0 Å². The predicted molar refractivity (Wildman–Crippen MR) is 360 cm³/mol. The molecule has 0 spiro atoms. The van der Waals surface area contributed by atoms with Crippen molar-refractivity contribution >= 4 is 70.5 Å². The summed E-state index contributed by atoms with van der Waals surface area (Å²) in [5.41, 5.74) is 40.4. The number of hydrogen-bond donors (Lipinski definition) is 12. The quantitative estimate of drug-likeness (QED) is 0.0172. The van der Waals surface area contributed by atoms with Gasteiger partial charge in [-0.05, 0) is 129 Å². The molecule has 4 rings (SSSR count). The number of ether oxygens (including phenoxy) is 4. The number of nitrogens with one attached hydrogen (secondary N) is 5. The van der Waals surface area contributed by atoms with Crippen LogP contribution in [0.4, 0.5) is 0 Å². The molecule has 0 fully saturated rings. The van der Waals surface area contributed by atoms with Crippen molar-refractivity contribution in [2.75, 3.05) is 61.7 Å². The molecule has 512 valence electrons. The lowest BCUT2D eigenvalue weighted by molar-refractivity contribution is -0.126. The molecule has 28 nitrogen and oxygen atoms in total. The maximum Gasteiger partial charge on any atom is 0.255 e. The minimum absolute atomic E-state index is 0.0101. The fourth-order valence-corrected chi connectivity index (χ4v) is 9.75. The number of guanidine groups is 3. The van der Waals surface area contributed by atoms with Gasteiger partial charge in [0.1, 0.15) is 23.0 Å². The molecule has 0 aliphatic carbocycles. The summed E-state index contributed by atoms with van der Waals surface area (Å²) in [6.07, 6.45) is 5.32. The molecule has 0 saturated heterocycles. The van der Waals surface area contributed by atoms with Crippen molar-refractivity contribution < 1.29 is 62.1 Å². The van der Waals surface area contributed by atoms with Gasteiger partial charge in [0.25, 0.3) is 23.6 Å². The van der Waals surface area contributed by atoms with Gasteiger partial charge in [-0.15, -0.1) is 0 Å². The molecule has 94 heavy (non-hydrogen) atoms. The van der Waals surface area contributed by atoms with Crippen LogP contribution in [0, 0.1) is 0 Å². The summed E-state index contributed by atoms with van der Waals surface area (Å²) in [5, 5.41) is 13.5. The molecule has 0 bridgehead atoms. The minimum atomic E-state index is -1.17. The summed E-state index contributed by atoms with van der Waals surface area (Å²) in [5.74, 6) is -4.41. The van der Waals surface area contributed by atoms with E-state index in [9.17, 15) is 43.2 Å². The Hall–Kier alpha value is -10.1. The number of rotatable bonds is 40. The summed E-state index contributed by atoms with van der Waals surface area (Å²) >= 11 is 0. The van der Waals surface area contributed by atoms with Crippen LogP contribution in [0.25, 0.3) is 0 Å². The van der Waals surface area contributed by atoms with Crippen molar-refractivity contribution in [3.63, 3.8) is 0 Å². The molecular formula is C66H95N15O13. The second-order valence-electron chi connectivity index (χ2n) is 22.0. The zero-order valence-corrected chi connectivity index (χ0v) is 55.2. The minimum Gasteiger partial charge on any atom is -0.496 e. The molecule has 0 radical (unpaired) electrons. The summed E-state index contributed by atoms with van der Waals surface area (Å²) in [4.78, 5) is 135. The number of Topliss-reactive ketones (excluding diaryl/α,β-unsaturated/α-hetero) is 4. The molecule has 0 heterocycles. The fourth-order valence-electron chi connectivity index (χ4n) is 9.75. The van der Waals surface area contributed by atoms with Crippen LogP contribution in [0.2, 0.25) is 0 Å². The van der Waals surface area contributed by atoms with Gasteiger partial charge in [-0.1, -0.05) is 50.5 Å². The van der Waals surface area contributed by atoms with Crippen LogP contribution in [-0.4, -0.2) is 156 Å². The first-order chi connectivity index (χ1) is 44.8. The Bertz CT molecular complexity index is 3320. The van der Waals surface area contributed by atoms with Gasteiger partial charge in [-0.2, -0.15) is 0 Å². The molecule has 0 aromatic heterocycles. The highest BCUT2D eigenvalue weighted by Gasteiger charge is 2.29. The van der Waals surface area contributed by atoms with E-state index < -0.39 is 65.1 Å². The van der Waals surface area contributed by atoms with E-state index in [1.807, 2.05) is 0 Å². The number of nitrogens with zero attached hydrogens (tertiary/aromatic N) is 3. The normalized spacial score (nSPS) is 11.8. The van der Waals surface area contributed by atoms with Crippen LogP contribution in [0.3, 0.4) is 0 Å². The standard InChI is InChI=1S/C60H80N14O13.C6H15N/c1-33(71-34(2)75)46(76)29-35-14-19-51(85-5)40(26-35)55(81)72-44(12-9-23-69-59(63)64)48(78)31-37-16-21-53(87-7)42(28-37)57(83)74-45(13-10-24-70-60(65)66)49(79)32-38-17-20-52(86-6)41(27-38)56(82)73-43(11-8-22-68-58(61)62)47(77)30-36-15-18-50(84-4)39(25-36)54(80)67-3;1-2-3-4-5-6-7/h14-21,25-28,33,43-45H,8-13,22-24,29-32H2,1-7H3,(H,67,80)(H,71,75)(H,72,81)(H,73,82)(H,74,83)(H4,61,62,68)(H4,63,64,69)(H4,65,66,70);2-7H2,1H3/t33-,43-,44-,45-;/m1./s1. The lowest BCUT2D eigenvalue weighted by Gasteiger charge is -2.21. The van der Waals surface area contributed by atoms with Crippen molar-refractivity contribution in [1.82, 2.24) is 26.6 Å².